The van der Waals surface area contributed by atoms with E-state index >= 15 is 0 Å². The number of aliphatic carboxylic acids is 2. The Bertz CT molecular complexity index is 2910. The van der Waals surface area contributed by atoms with E-state index in [-0.39, 0.29) is 49.4 Å². The molecular weight excluding hydrogens is 1090 g/mol. The number of thioether (sulfide) groups is 2. The van der Waals surface area contributed by atoms with Crippen LogP contribution in [0.3, 0.4) is 0 Å². The van der Waals surface area contributed by atoms with Crippen molar-refractivity contribution in [1.82, 2.24) is 42.2 Å². The van der Waals surface area contributed by atoms with Gasteiger partial charge in [0.25, 0.3) is 0 Å². The SMILES string of the molecule is CSCC[C@H](NC(=O)[C@H](Cc1c[nH]c2ccccc12)NC(=O)[C@@H](C)NC(=O)[C@H](CCSC)NC(=O)[C@H](Cc1ccc(OS(=O)(=O)O)cc1)NC(=O)[C@@H](N)CC(=O)O)C(=O)N[C@@H](CC(=O)O)C(=O)N[C@@H](Cc1ccccc1)C(N)=O. The first kappa shape index (κ1) is 63.8. The Balaban J connectivity index is 1.57. The topological polar surface area (TPSA) is 427 Å². The van der Waals surface area contributed by atoms with Crippen molar-refractivity contribution in [3.8, 4) is 5.75 Å². The maximum Gasteiger partial charge on any atom is 0.446 e. The number of carbonyl (C=O) groups is 10. The maximum atomic E-state index is 14.4. The number of primary amides is 1. The fourth-order valence-corrected chi connectivity index (χ4v) is 9.07. The molecule has 4 aromatic rings. The molecule has 0 aliphatic rings. The summed E-state index contributed by atoms with van der Waals surface area (Å²) in [6.07, 6.45) is 2.76. The van der Waals surface area contributed by atoms with Crippen LogP contribution in [0.4, 0.5) is 0 Å². The number of carbonyl (C=O) groups excluding carboxylic acids is 8. The Morgan fingerprint density at radius 1 is 0.570 bits per heavy atom. The zero-order valence-corrected chi connectivity index (χ0v) is 45.5. The lowest BCUT2D eigenvalue weighted by molar-refractivity contribution is -0.141. The van der Waals surface area contributed by atoms with E-state index < -0.39 is 131 Å². The van der Waals surface area contributed by atoms with Crippen LogP contribution in [0.1, 0.15) is 49.3 Å². The zero-order valence-electron chi connectivity index (χ0n) is 43.1. The number of fused-ring (bicyclic) bond motifs is 1. The molecule has 4 rings (SSSR count). The molecule has 0 saturated carbocycles. The standard InChI is InChI=1S/C50H64N10O16S3/c1-27(54-46(68)35(17-19-77-2)55-48(70)38(59-45(67)33(51)24-41(61)62)22-29-13-15-31(16-14-29)76-79(73,74)75)44(66)58-39(23-30-26-53-34-12-8-7-11-32(30)34)49(71)56-36(18-20-78-3)47(69)60-40(25-42(63)64)50(72)57-37(43(52)65)21-28-9-5-4-6-10-28/h4-16,26-27,33,35-40,53H,17-25,51H2,1-3H3,(H2,52,65)(H,54,68)(H,55,70)(H,56,71)(H,57,72)(H,58,66)(H,59,67)(H,60,69)(H,61,62)(H,63,64)(H,73,74,75)/t27-,33+,35+,36+,37+,38+,39+,40+/m1/s1. The molecule has 0 radical (unpaired) electrons. The number of carboxylic acid groups (broad SMARTS) is 2. The third-order valence-corrected chi connectivity index (χ3v) is 13.5. The Labute approximate surface area is 462 Å². The minimum Gasteiger partial charge on any atom is -0.481 e. The van der Waals surface area contributed by atoms with Crippen molar-refractivity contribution in [2.24, 2.45) is 11.5 Å². The minimum atomic E-state index is -4.88. The molecule has 8 atom stereocenters. The third-order valence-electron chi connectivity index (χ3n) is 11.9. The molecule has 79 heavy (non-hydrogen) atoms. The molecule has 1 heterocycles. The van der Waals surface area contributed by atoms with Crippen molar-refractivity contribution in [2.75, 3.05) is 24.0 Å². The quantitative estimate of drug-likeness (QED) is 0.0256. The van der Waals surface area contributed by atoms with E-state index in [4.69, 9.17) is 16.0 Å². The smallest absolute Gasteiger partial charge is 0.446 e. The van der Waals surface area contributed by atoms with Gasteiger partial charge in [0.15, 0.2) is 0 Å². The molecule has 0 aliphatic carbocycles. The summed E-state index contributed by atoms with van der Waals surface area (Å²) in [5, 5.41) is 37.2. The fourth-order valence-electron chi connectivity index (χ4n) is 7.77. The third kappa shape index (κ3) is 21.6. The van der Waals surface area contributed by atoms with E-state index in [1.165, 1.54) is 42.6 Å². The average molecular weight is 1160 g/mol. The molecule has 26 nitrogen and oxygen atoms in total. The van der Waals surface area contributed by atoms with Gasteiger partial charge in [-0.25, -0.2) is 0 Å². The molecule has 0 aliphatic heterocycles. The van der Waals surface area contributed by atoms with Crippen LogP contribution in [-0.2, 0) is 77.6 Å². The van der Waals surface area contributed by atoms with Gasteiger partial charge in [0.1, 0.15) is 48.0 Å². The number of benzene rings is 3. The van der Waals surface area contributed by atoms with Crippen LogP contribution in [0.15, 0.2) is 85.1 Å². The summed E-state index contributed by atoms with van der Waals surface area (Å²) in [5.74, 6) is -10.2. The highest BCUT2D eigenvalue weighted by molar-refractivity contribution is 7.98. The number of hydrogen-bond donors (Lipinski definition) is 13. The predicted molar refractivity (Wildman–Crippen MR) is 291 cm³/mol. The van der Waals surface area contributed by atoms with Crippen molar-refractivity contribution in [2.45, 2.75) is 100 Å². The van der Waals surface area contributed by atoms with E-state index in [9.17, 15) is 66.6 Å². The molecule has 1 aromatic heterocycles. The molecule has 0 bridgehead atoms. The van der Waals surface area contributed by atoms with Crippen LogP contribution >= 0.6 is 23.5 Å². The van der Waals surface area contributed by atoms with E-state index in [1.807, 2.05) is 0 Å². The highest BCUT2D eigenvalue weighted by Gasteiger charge is 2.35. The largest absolute Gasteiger partial charge is 0.481 e. The van der Waals surface area contributed by atoms with Gasteiger partial charge in [-0.05, 0) is 78.7 Å². The van der Waals surface area contributed by atoms with Crippen LogP contribution < -0.4 is 52.9 Å². The summed E-state index contributed by atoms with van der Waals surface area (Å²) in [5.41, 5.74) is 13.5. The first-order chi connectivity index (χ1) is 37.4. The van der Waals surface area contributed by atoms with E-state index in [0.29, 0.717) is 27.6 Å². The highest BCUT2D eigenvalue weighted by atomic mass is 32.3. The summed E-state index contributed by atoms with van der Waals surface area (Å²) in [6, 6.07) is 8.72. The predicted octanol–water partition coefficient (Wildman–Crippen LogP) is -0.941. The molecule has 0 fully saturated rings. The van der Waals surface area contributed by atoms with Gasteiger partial charge in [0, 0.05) is 36.4 Å². The van der Waals surface area contributed by atoms with E-state index in [1.54, 1.807) is 73.3 Å². The van der Waals surface area contributed by atoms with Gasteiger partial charge >= 0.3 is 22.3 Å². The summed E-state index contributed by atoms with van der Waals surface area (Å²) in [6.45, 7) is 1.30. The number of carboxylic acids is 2. The van der Waals surface area contributed by atoms with Crippen molar-refractivity contribution < 1.29 is 75.3 Å². The van der Waals surface area contributed by atoms with Gasteiger partial charge in [-0.15, -0.1) is 0 Å². The number of para-hydroxylation sites is 1. The van der Waals surface area contributed by atoms with Gasteiger partial charge in [-0.1, -0.05) is 60.7 Å². The second kappa shape index (κ2) is 31.0. The fraction of sp³-hybridized carbons (Fsp3) is 0.400. The first-order valence-corrected chi connectivity index (χ1v) is 28.5. The maximum absolute atomic E-state index is 14.4. The van der Waals surface area contributed by atoms with Gasteiger partial charge in [-0.3, -0.25) is 52.5 Å². The molecule has 29 heteroatoms. The monoisotopic (exact) mass is 1160 g/mol. The second-order valence-corrected chi connectivity index (χ2v) is 21.0. The van der Waals surface area contributed by atoms with E-state index in [0.717, 1.165) is 12.1 Å². The lowest BCUT2D eigenvalue weighted by Gasteiger charge is -2.27. The second-order valence-electron chi connectivity index (χ2n) is 18.0. The first-order valence-electron chi connectivity index (χ1n) is 24.3. The number of hydrogen-bond acceptors (Lipinski definition) is 16. The van der Waals surface area contributed by atoms with Crippen LogP contribution in [0.5, 0.6) is 5.75 Å². The molecule has 428 valence electrons. The van der Waals surface area contributed by atoms with Gasteiger partial charge in [0.2, 0.25) is 47.3 Å². The molecule has 8 amide bonds. The summed E-state index contributed by atoms with van der Waals surface area (Å²) in [4.78, 5) is 136. The van der Waals surface area contributed by atoms with Crippen LogP contribution in [0.25, 0.3) is 10.9 Å². The minimum absolute atomic E-state index is 0.0204. The Hall–Kier alpha value is -7.73. The van der Waals surface area contributed by atoms with Gasteiger partial charge < -0.3 is 68.1 Å². The van der Waals surface area contributed by atoms with Crippen molar-refractivity contribution in [3.05, 3.63) is 102 Å². The number of aromatic nitrogens is 1. The number of amides is 8. The number of nitrogens with one attached hydrogen (secondary N) is 8. The van der Waals surface area contributed by atoms with Crippen LogP contribution in [0, 0.1) is 0 Å². The Kier molecular flexibility index (Phi) is 25.0. The Morgan fingerprint density at radius 2 is 1.03 bits per heavy atom. The normalized spacial score (nSPS) is 14.3. The van der Waals surface area contributed by atoms with Gasteiger partial charge in [-0.2, -0.15) is 31.9 Å². The molecule has 0 unspecified atom stereocenters. The van der Waals surface area contributed by atoms with Gasteiger partial charge in [0.05, 0.1) is 18.9 Å². The lowest BCUT2D eigenvalue weighted by atomic mass is 10.0. The Morgan fingerprint density at radius 3 is 1.58 bits per heavy atom. The number of aromatic amines is 1. The number of nitrogens with two attached hydrogens (primary N) is 2. The number of H-pyrrole nitrogens is 1. The molecule has 15 N–H and O–H groups in total. The molecular formula is C50H64N10O16S3. The zero-order chi connectivity index (χ0) is 58.4. The highest BCUT2D eigenvalue weighted by Crippen LogP contribution is 2.20. The van der Waals surface area contributed by atoms with Crippen LogP contribution in [-0.4, -0.2) is 160 Å². The number of rotatable bonds is 33. The summed E-state index contributed by atoms with van der Waals surface area (Å²) >= 11 is 2.61. The summed E-state index contributed by atoms with van der Waals surface area (Å²) < 4.78 is 35.9. The van der Waals surface area contributed by atoms with Crippen LogP contribution in [0.2, 0.25) is 0 Å². The molecule has 0 spiro atoms. The lowest BCUT2D eigenvalue weighted by Crippen LogP contribution is -2.60. The molecule has 3 aromatic carbocycles. The van der Waals surface area contributed by atoms with E-state index in [2.05, 4.69) is 46.4 Å². The molecule has 0 saturated heterocycles. The summed E-state index contributed by atoms with van der Waals surface area (Å²) in [7, 11) is -4.88. The van der Waals surface area contributed by atoms with Crippen molar-refractivity contribution in [1.29, 1.82) is 0 Å². The average Bonchev–Trinajstić information content (AvgIpc) is 3.82. The van der Waals surface area contributed by atoms with Crippen molar-refractivity contribution in [3.63, 3.8) is 0 Å². The van der Waals surface area contributed by atoms with Crippen molar-refractivity contribution >= 4 is 104 Å².